The molecule has 1 aromatic heterocycles. The Morgan fingerprint density at radius 2 is 1.88 bits per heavy atom. The Balaban J connectivity index is 1.73. The first kappa shape index (κ1) is 21.8. The molecule has 2 N–H and O–H groups in total. The van der Waals surface area contributed by atoms with Crippen LogP contribution >= 0.6 is 0 Å². The largest absolute Gasteiger partial charge is 0.497 e. The lowest BCUT2D eigenvalue weighted by molar-refractivity contribution is -0.123. The van der Waals surface area contributed by atoms with E-state index in [1.807, 2.05) is 53.2 Å². The molecule has 1 aliphatic rings. The summed E-state index contributed by atoms with van der Waals surface area (Å²) < 4.78 is 12.9. The summed E-state index contributed by atoms with van der Waals surface area (Å²) in [5, 5.41) is 12.7. The predicted octanol–water partition coefficient (Wildman–Crippen LogP) is 2.03. The van der Waals surface area contributed by atoms with Crippen molar-refractivity contribution in [1.29, 1.82) is 0 Å². The monoisotopic (exact) mass is 436 g/mol. The van der Waals surface area contributed by atoms with Gasteiger partial charge < -0.3 is 15.2 Å². The van der Waals surface area contributed by atoms with Crippen molar-refractivity contribution >= 4 is 5.91 Å². The molecule has 3 aromatic rings. The second-order valence-corrected chi connectivity index (χ2v) is 7.90. The van der Waals surface area contributed by atoms with Crippen molar-refractivity contribution in [1.82, 2.24) is 25.1 Å². The molecule has 9 nitrogen and oxygen atoms in total. The summed E-state index contributed by atoms with van der Waals surface area (Å²) >= 11 is 0. The average molecular weight is 437 g/mol. The van der Waals surface area contributed by atoms with E-state index in [1.54, 1.807) is 14.2 Å². The molecule has 0 saturated carbocycles. The Morgan fingerprint density at radius 3 is 2.53 bits per heavy atom. The van der Waals surface area contributed by atoms with Crippen LogP contribution in [0.25, 0.3) is 0 Å². The molecule has 0 aliphatic carbocycles. The van der Waals surface area contributed by atoms with Crippen LogP contribution in [-0.2, 0) is 11.3 Å². The number of ether oxygens (including phenoxy) is 2. The van der Waals surface area contributed by atoms with Crippen molar-refractivity contribution in [3.05, 3.63) is 65.5 Å². The first-order valence-corrected chi connectivity index (χ1v) is 10.7. The third-order valence-corrected chi connectivity index (χ3v) is 6.01. The molecule has 1 fully saturated rings. The molecule has 4 rings (SSSR count). The van der Waals surface area contributed by atoms with Gasteiger partial charge in [0.1, 0.15) is 17.5 Å². The van der Waals surface area contributed by atoms with E-state index in [1.165, 1.54) is 0 Å². The molecule has 1 unspecified atom stereocenters. The van der Waals surface area contributed by atoms with Crippen LogP contribution in [0.5, 0.6) is 11.5 Å². The van der Waals surface area contributed by atoms with Gasteiger partial charge in [0, 0.05) is 17.5 Å². The van der Waals surface area contributed by atoms with Gasteiger partial charge in [-0.15, -0.1) is 5.10 Å². The molecule has 2 aromatic carbocycles. The number of piperidine rings is 1. The number of carbonyl (C=O) groups is 1. The Kier molecular flexibility index (Phi) is 6.65. The molecule has 1 aliphatic heterocycles. The van der Waals surface area contributed by atoms with E-state index >= 15 is 0 Å². The second-order valence-electron chi connectivity index (χ2n) is 7.90. The Morgan fingerprint density at radius 1 is 1.12 bits per heavy atom. The lowest BCUT2D eigenvalue weighted by atomic mass is 9.93. The van der Waals surface area contributed by atoms with Crippen LogP contribution in [-0.4, -0.2) is 58.3 Å². The number of rotatable bonds is 8. The standard InChI is InChI=1S/C23H28N6O3/c1-31-18-8-9-19(20(14-18)32-2)21(28-12-10-17(11-13-28)22(24)30)23-25-26-27-29(23)15-16-6-4-3-5-7-16/h3-9,14,17,21H,10-13,15H2,1-2H3,(H2,24,30). The number of methoxy groups -OCH3 is 2. The summed E-state index contributed by atoms with van der Waals surface area (Å²) in [6, 6.07) is 15.6. The lowest BCUT2D eigenvalue weighted by Crippen LogP contribution is -2.41. The summed E-state index contributed by atoms with van der Waals surface area (Å²) in [7, 11) is 3.27. The summed E-state index contributed by atoms with van der Waals surface area (Å²) in [6.45, 7) is 1.95. The van der Waals surface area contributed by atoms with Gasteiger partial charge in [-0.25, -0.2) is 4.68 Å². The van der Waals surface area contributed by atoms with Crippen LogP contribution in [0.1, 0.15) is 35.8 Å². The average Bonchev–Trinajstić information content (AvgIpc) is 3.28. The van der Waals surface area contributed by atoms with Crippen LogP contribution in [0.3, 0.4) is 0 Å². The van der Waals surface area contributed by atoms with Gasteiger partial charge in [-0.1, -0.05) is 30.3 Å². The molecule has 0 spiro atoms. The maximum absolute atomic E-state index is 11.7. The molecule has 32 heavy (non-hydrogen) atoms. The van der Waals surface area contributed by atoms with E-state index in [9.17, 15) is 4.79 Å². The highest BCUT2D eigenvalue weighted by molar-refractivity contribution is 5.76. The molecule has 0 radical (unpaired) electrons. The minimum atomic E-state index is -0.247. The first-order chi connectivity index (χ1) is 15.6. The fourth-order valence-electron chi connectivity index (χ4n) is 4.26. The molecule has 1 saturated heterocycles. The van der Waals surface area contributed by atoms with Gasteiger partial charge in [-0.3, -0.25) is 9.69 Å². The van der Waals surface area contributed by atoms with Gasteiger partial charge in [0.25, 0.3) is 0 Å². The van der Waals surface area contributed by atoms with Crippen molar-refractivity contribution in [3.63, 3.8) is 0 Å². The van der Waals surface area contributed by atoms with Gasteiger partial charge in [0.2, 0.25) is 5.91 Å². The molecule has 1 amide bonds. The molecule has 0 bridgehead atoms. The third kappa shape index (κ3) is 4.57. The number of tetrazole rings is 1. The van der Waals surface area contributed by atoms with Gasteiger partial charge >= 0.3 is 0 Å². The summed E-state index contributed by atoms with van der Waals surface area (Å²) in [5.74, 6) is 1.78. The zero-order valence-electron chi connectivity index (χ0n) is 18.3. The van der Waals surface area contributed by atoms with Crippen molar-refractivity contribution in [3.8, 4) is 11.5 Å². The number of carbonyl (C=O) groups excluding carboxylic acids is 1. The van der Waals surface area contributed by atoms with Crippen molar-refractivity contribution in [2.45, 2.75) is 25.4 Å². The highest BCUT2D eigenvalue weighted by Crippen LogP contribution is 2.38. The predicted molar refractivity (Wildman–Crippen MR) is 118 cm³/mol. The van der Waals surface area contributed by atoms with Gasteiger partial charge in [0.15, 0.2) is 5.82 Å². The van der Waals surface area contributed by atoms with Gasteiger partial charge in [-0.2, -0.15) is 0 Å². The number of nitrogens with zero attached hydrogens (tertiary/aromatic N) is 5. The van der Waals surface area contributed by atoms with E-state index in [4.69, 9.17) is 15.2 Å². The van der Waals surface area contributed by atoms with Crippen molar-refractivity contribution in [2.75, 3.05) is 27.3 Å². The topological polar surface area (TPSA) is 108 Å². The summed E-state index contributed by atoms with van der Waals surface area (Å²) in [4.78, 5) is 14.0. The highest BCUT2D eigenvalue weighted by Gasteiger charge is 2.34. The number of benzene rings is 2. The molecule has 2 heterocycles. The minimum absolute atomic E-state index is 0.107. The minimum Gasteiger partial charge on any atom is -0.497 e. The number of hydrogen-bond acceptors (Lipinski definition) is 7. The van der Waals surface area contributed by atoms with Crippen LogP contribution < -0.4 is 15.2 Å². The van der Waals surface area contributed by atoms with E-state index in [0.29, 0.717) is 44.0 Å². The number of nitrogens with two attached hydrogens (primary N) is 1. The normalized spacial score (nSPS) is 15.9. The van der Waals surface area contributed by atoms with Crippen molar-refractivity contribution < 1.29 is 14.3 Å². The molecular formula is C23H28N6O3. The summed E-state index contributed by atoms with van der Waals surface area (Å²) in [6.07, 6.45) is 1.40. The zero-order valence-corrected chi connectivity index (χ0v) is 18.3. The number of amides is 1. The van der Waals surface area contributed by atoms with E-state index in [0.717, 1.165) is 17.0 Å². The zero-order chi connectivity index (χ0) is 22.5. The fraction of sp³-hybridized carbons (Fsp3) is 0.391. The Hall–Kier alpha value is -3.46. The molecule has 168 valence electrons. The highest BCUT2D eigenvalue weighted by atomic mass is 16.5. The lowest BCUT2D eigenvalue weighted by Gasteiger charge is -2.36. The molecule has 1 atom stereocenters. The summed E-state index contributed by atoms with van der Waals surface area (Å²) in [5.41, 5.74) is 7.60. The van der Waals surface area contributed by atoms with Crippen LogP contribution in [0, 0.1) is 5.92 Å². The van der Waals surface area contributed by atoms with Crippen LogP contribution in [0.4, 0.5) is 0 Å². The number of primary amides is 1. The van der Waals surface area contributed by atoms with Crippen molar-refractivity contribution in [2.24, 2.45) is 11.7 Å². The SMILES string of the molecule is COc1ccc(C(c2nnnn2Cc2ccccc2)N2CCC(C(N)=O)CC2)c(OC)c1. The molecular weight excluding hydrogens is 408 g/mol. The number of hydrogen-bond donors (Lipinski definition) is 1. The quantitative estimate of drug-likeness (QED) is 0.575. The van der Waals surface area contributed by atoms with Crippen LogP contribution in [0.15, 0.2) is 48.5 Å². The molecule has 9 heteroatoms. The van der Waals surface area contributed by atoms with E-state index < -0.39 is 0 Å². The Bertz CT molecular complexity index is 1050. The maximum atomic E-state index is 11.7. The first-order valence-electron chi connectivity index (χ1n) is 10.7. The second kappa shape index (κ2) is 9.78. The van der Waals surface area contributed by atoms with Gasteiger partial charge in [0.05, 0.1) is 20.8 Å². The van der Waals surface area contributed by atoms with E-state index in [2.05, 4.69) is 20.4 Å². The smallest absolute Gasteiger partial charge is 0.220 e. The maximum Gasteiger partial charge on any atom is 0.220 e. The fourth-order valence-corrected chi connectivity index (χ4v) is 4.26. The number of likely N-dealkylation sites (tertiary alicyclic amines) is 1. The van der Waals surface area contributed by atoms with Gasteiger partial charge in [-0.05, 0) is 54.1 Å². The Labute approximate surface area is 187 Å². The third-order valence-electron chi connectivity index (χ3n) is 6.01. The van der Waals surface area contributed by atoms with Crippen LogP contribution in [0.2, 0.25) is 0 Å². The number of aromatic nitrogens is 4. The van der Waals surface area contributed by atoms with E-state index in [-0.39, 0.29) is 17.9 Å².